The lowest BCUT2D eigenvalue weighted by molar-refractivity contribution is 0.0323. The van der Waals surface area contributed by atoms with Gasteiger partial charge in [0.25, 0.3) is 0 Å². The third-order valence-electron chi connectivity index (χ3n) is 7.90. The Morgan fingerprint density at radius 3 is 2.45 bits per heavy atom. The predicted molar refractivity (Wildman–Crippen MR) is 159 cm³/mol. The van der Waals surface area contributed by atoms with E-state index in [0.717, 1.165) is 79.3 Å². The quantitative estimate of drug-likeness (QED) is 0.270. The molecule has 4 aromatic rings. The van der Waals surface area contributed by atoms with E-state index in [9.17, 15) is 4.79 Å². The minimum absolute atomic E-state index is 0.307. The Morgan fingerprint density at radius 1 is 0.900 bits per heavy atom. The van der Waals surface area contributed by atoms with Crippen LogP contribution in [0.5, 0.6) is 5.75 Å². The highest BCUT2D eigenvalue weighted by Crippen LogP contribution is 2.34. The first kappa shape index (κ1) is 26.3. The Balaban J connectivity index is 1.18. The van der Waals surface area contributed by atoms with Crippen molar-refractivity contribution in [1.29, 1.82) is 0 Å². The van der Waals surface area contributed by atoms with Crippen LogP contribution in [0.4, 0.5) is 16.3 Å². The largest absolute Gasteiger partial charge is 0.492 e. The minimum atomic E-state index is -0.307. The van der Waals surface area contributed by atoms with E-state index in [4.69, 9.17) is 14.6 Å². The van der Waals surface area contributed by atoms with E-state index in [1.54, 1.807) is 0 Å². The van der Waals surface area contributed by atoms with Crippen molar-refractivity contribution in [3.63, 3.8) is 0 Å². The van der Waals surface area contributed by atoms with Gasteiger partial charge in [-0.25, -0.2) is 9.48 Å². The maximum absolute atomic E-state index is 13.3. The highest BCUT2D eigenvalue weighted by Gasteiger charge is 2.22. The zero-order valence-corrected chi connectivity index (χ0v) is 22.9. The number of aromatic nitrogens is 2. The lowest BCUT2D eigenvalue weighted by atomic mass is 9.87. The molecule has 0 radical (unpaired) electrons. The summed E-state index contributed by atoms with van der Waals surface area (Å²) >= 11 is 0. The number of benzene rings is 3. The molecule has 1 saturated carbocycles. The second-order valence-electron chi connectivity index (χ2n) is 10.6. The number of hydrogen-bond acceptors (Lipinski definition) is 5. The Bertz CT molecular complexity index is 1430. The minimum Gasteiger partial charge on any atom is -0.492 e. The summed E-state index contributed by atoms with van der Waals surface area (Å²) in [5.74, 6) is 1.91. The number of nitrogens with zero attached hydrogens (tertiary/aromatic N) is 3. The van der Waals surface area contributed by atoms with Gasteiger partial charge in [-0.3, -0.25) is 10.2 Å². The molecular formula is C32H37N5O3. The molecule has 8 nitrogen and oxygen atoms in total. The number of hydrogen-bond donors (Lipinski definition) is 2. The molecule has 1 aliphatic heterocycles. The molecule has 1 aliphatic carbocycles. The van der Waals surface area contributed by atoms with Gasteiger partial charge < -0.3 is 14.8 Å². The molecular weight excluding hydrogens is 502 g/mol. The average molecular weight is 540 g/mol. The molecule has 208 valence electrons. The highest BCUT2D eigenvalue weighted by atomic mass is 16.5. The predicted octanol–water partition coefficient (Wildman–Crippen LogP) is 6.43. The SMILES string of the molecule is O=C(Nc1ccc(OCCN2CCOCC2)c2ccccc12)Nc1cc(C2CCCCC2)nn1-c1ccccc1. The number of anilines is 2. The lowest BCUT2D eigenvalue weighted by Crippen LogP contribution is -2.38. The standard InChI is InChI=1S/C32H37N5O3/c38-32(34-31-23-29(24-9-3-1-4-10-24)35-37(31)25-11-5-2-6-12-25)33-28-15-16-30(27-14-8-7-13-26(27)28)40-22-19-36-17-20-39-21-18-36/h2,5-8,11-16,23-24H,1,3-4,9-10,17-22H2,(H2,33,34,38). The number of ether oxygens (including phenoxy) is 2. The topological polar surface area (TPSA) is 80.7 Å². The van der Waals surface area contributed by atoms with E-state index in [1.807, 2.05) is 77.5 Å². The van der Waals surface area contributed by atoms with Crippen LogP contribution < -0.4 is 15.4 Å². The smallest absolute Gasteiger partial charge is 0.324 e. The molecule has 2 N–H and O–H groups in total. The normalized spacial score (nSPS) is 16.6. The second-order valence-corrected chi connectivity index (χ2v) is 10.6. The Labute approximate surface area is 235 Å². The van der Waals surface area contributed by atoms with Gasteiger partial charge in [0.15, 0.2) is 0 Å². The summed E-state index contributed by atoms with van der Waals surface area (Å²) in [7, 11) is 0. The van der Waals surface area contributed by atoms with Crippen LogP contribution in [0.25, 0.3) is 16.5 Å². The van der Waals surface area contributed by atoms with Gasteiger partial charge in [-0.1, -0.05) is 61.7 Å². The Morgan fingerprint density at radius 2 is 1.65 bits per heavy atom. The number of carbonyl (C=O) groups is 1. The van der Waals surface area contributed by atoms with Crippen LogP contribution in [-0.4, -0.2) is 60.2 Å². The van der Waals surface area contributed by atoms with Crippen molar-refractivity contribution in [2.45, 2.75) is 38.0 Å². The van der Waals surface area contributed by atoms with Crippen molar-refractivity contribution >= 4 is 28.3 Å². The van der Waals surface area contributed by atoms with Gasteiger partial charge in [-0.15, -0.1) is 0 Å². The van der Waals surface area contributed by atoms with E-state index in [-0.39, 0.29) is 6.03 Å². The van der Waals surface area contributed by atoms with Crippen molar-refractivity contribution < 1.29 is 14.3 Å². The molecule has 1 saturated heterocycles. The number of nitrogens with one attached hydrogen (secondary N) is 2. The molecule has 2 aliphatic rings. The van der Waals surface area contributed by atoms with E-state index in [2.05, 4.69) is 15.5 Å². The molecule has 2 fully saturated rings. The molecule has 0 spiro atoms. The summed E-state index contributed by atoms with van der Waals surface area (Å²) < 4.78 is 13.5. The van der Waals surface area contributed by atoms with Crippen molar-refractivity contribution in [1.82, 2.24) is 14.7 Å². The average Bonchev–Trinajstić information content (AvgIpc) is 3.43. The summed E-state index contributed by atoms with van der Waals surface area (Å²) in [5.41, 5.74) is 2.69. The van der Waals surface area contributed by atoms with Crippen molar-refractivity contribution in [3.8, 4) is 11.4 Å². The molecule has 2 heterocycles. The van der Waals surface area contributed by atoms with Gasteiger partial charge in [0, 0.05) is 42.4 Å². The van der Waals surface area contributed by atoms with Crippen LogP contribution in [0.1, 0.15) is 43.7 Å². The van der Waals surface area contributed by atoms with Gasteiger partial charge >= 0.3 is 6.03 Å². The van der Waals surface area contributed by atoms with Crippen LogP contribution >= 0.6 is 0 Å². The first-order chi connectivity index (χ1) is 19.7. The lowest BCUT2D eigenvalue weighted by Gasteiger charge is -2.26. The zero-order chi connectivity index (χ0) is 27.1. The van der Waals surface area contributed by atoms with Gasteiger partial charge in [0.1, 0.15) is 18.2 Å². The van der Waals surface area contributed by atoms with Gasteiger partial charge in [0.2, 0.25) is 0 Å². The monoisotopic (exact) mass is 539 g/mol. The first-order valence-corrected chi connectivity index (χ1v) is 14.4. The van der Waals surface area contributed by atoms with E-state index in [1.165, 1.54) is 19.3 Å². The maximum atomic E-state index is 13.3. The van der Waals surface area contributed by atoms with Crippen LogP contribution in [0, 0.1) is 0 Å². The van der Waals surface area contributed by atoms with Crippen LogP contribution in [0.2, 0.25) is 0 Å². The van der Waals surface area contributed by atoms with Crippen molar-refractivity contribution in [2.75, 3.05) is 50.1 Å². The van der Waals surface area contributed by atoms with Crippen LogP contribution in [0.15, 0.2) is 72.8 Å². The Hall–Kier alpha value is -3.88. The third-order valence-corrected chi connectivity index (χ3v) is 7.90. The van der Waals surface area contributed by atoms with E-state index < -0.39 is 0 Å². The number of fused-ring (bicyclic) bond motifs is 1. The summed E-state index contributed by atoms with van der Waals surface area (Å²) in [6.07, 6.45) is 6.03. The number of morpholine rings is 1. The number of carbonyl (C=O) groups excluding carboxylic acids is 1. The summed E-state index contributed by atoms with van der Waals surface area (Å²) in [4.78, 5) is 15.7. The number of para-hydroxylation sites is 1. The van der Waals surface area contributed by atoms with Gasteiger partial charge in [-0.2, -0.15) is 5.10 Å². The first-order valence-electron chi connectivity index (χ1n) is 14.4. The number of rotatable bonds is 8. The molecule has 1 aromatic heterocycles. The molecule has 3 aromatic carbocycles. The molecule has 40 heavy (non-hydrogen) atoms. The van der Waals surface area contributed by atoms with Crippen LogP contribution in [-0.2, 0) is 4.74 Å². The molecule has 8 heteroatoms. The maximum Gasteiger partial charge on any atom is 0.324 e. The third kappa shape index (κ3) is 6.13. The van der Waals surface area contributed by atoms with Gasteiger partial charge in [0.05, 0.1) is 30.3 Å². The summed E-state index contributed by atoms with van der Waals surface area (Å²) in [6.45, 7) is 4.89. The van der Waals surface area contributed by atoms with Gasteiger partial charge in [-0.05, 0) is 37.1 Å². The summed E-state index contributed by atoms with van der Waals surface area (Å²) in [5, 5.41) is 13.0. The van der Waals surface area contributed by atoms with Crippen molar-refractivity contribution in [2.24, 2.45) is 0 Å². The Kier molecular flexibility index (Phi) is 8.25. The second kappa shape index (κ2) is 12.5. The van der Waals surface area contributed by atoms with E-state index >= 15 is 0 Å². The van der Waals surface area contributed by atoms with E-state index in [0.29, 0.717) is 18.3 Å². The molecule has 2 amide bonds. The summed E-state index contributed by atoms with van der Waals surface area (Å²) in [6, 6.07) is 23.5. The fraction of sp³-hybridized carbons (Fsp3) is 0.375. The highest BCUT2D eigenvalue weighted by molar-refractivity contribution is 6.07. The number of urea groups is 1. The fourth-order valence-corrected chi connectivity index (χ4v) is 5.74. The number of amides is 2. The molecule has 0 unspecified atom stereocenters. The molecule has 6 rings (SSSR count). The van der Waals surface area contributed by atoms with Crippen LogP contribution in [0.3, 0.4) is 0 Å². The molecule has 0 atom stereocenters. The molecule has 0 bridgehead atoms. The zero-order valence-electron chi connectivity index (χ0n) is 22.9. The fourth-order valence-electron chi connectivity index (χ4n) is 5.74. The van der Waals surface area contributed by atoms with Crippen molar-refractivity contribution in [3.05, 3.63) is 78.5 Å².